The number of hydrogen-bond acceptors (Lipinski definition) is 1. The zero-order valence-electron chi connectivity index (χ0n) is 9.70. The summed E-state index contributed by atoms with van der Waals surface area (Å²) >= 11 is 0. The van der Waals surface area contributed by atoms with E-state index in [1.54, 1.807) is 0 Å². The van der Waals surface area contributed by atoms with E-state index in [0.717, 1.165) is 18.5 Å². The molecule has 0 aliphatic rings. The zero-order valence-corrected chi connectivity index (χ0v) is 9.70. The summed E-state index contributed by atoms with van der Waals surface area (Å²) in [6.07, 6.45) is 4.51. The predicted molar refractivity (Wildman–Crippen MR) is 62.3 cm³/mol. The molecule has 82 valence electrons. The van der Waals surface area contributed by atoms with Crippen molar-refractivity contribution in [2.45, 2.75) is 39.8 Å². The first-order chi connectivity index (χ1) is 7.15. The summed E-state index contributed by atoms with van der Waals surface area (Å²) in [5.41, 5.74) is 0.995. The zero-order chi connectivity index (χ0) is 11.3. The van der Waals surface area contributed by atoms with Gasteiger partial charge in [0.25, 0.3) is 0 Å². The molecule has 0 radical (unpaired) electrons. The largest absolute Gasteiger partial charge is 0.388 e. The number of aromatic nitrogens is 1. The minimum Gasteiger partial charge on any atom is -0.388 e. The smallest absolute Gasteiger partial charge is 0.0827 e. The van der Waals surface area contributed by atoms with Gasteiger partial charge in [0.2, 0.25) is 0 Å². The van der Waals surface area contributed by atoms with Gasteiger partial charge < -0.3 is 9.67 Å². The Bertz CT molecular complexity index is 354. The summed E-state index contributed by atoms with van der Waals surface area (Å²) in [4.78, 5) is 0. The van der Waals surface area contributed by atoms with Crippen LogP contribution in [-0.4, -0.2) is 9.67 Å². The first-order valence-electron chi connectivity index (χ1n) is 5.38. The third-order valence-corrected chi connectivity index (χ3v) is 2.42. The van der Waals surface area contributed by atoms with Crippen LogP contribution in [0.5, 0.6) is 0 Å². The molecule has 0 saturated heterocycles. The lowest BCUT2D eigenvalue weighted by molar-refractivity contribution is 0.127. The highest BCUT2D eigenvalue weighted by Gasteiger charge is 2.12. The van der Waals surface area contributed by atoms with E-state index in [9.17, 15) is 5.11 Å². The molecule has 0 amide bonds. The van der Waals surface area contributed by atoms with Gasteiger partial charge in [0.1, 0.15) is 0 Å². The predicted octanol–water partition coefficient (Wildman–Crippen LogP) is 2.59. The van der Waals surface area contributed by atoms with Crippen LogP contribution < -0.4 is 0 Å². The van der Waals surface area contributed by atoms with E-state index in [1.165, 1.54) is 0 Å². The summed E-state index contributed by atoms with van der Waals surface area (Å²) in [5, 5.41) is 9.84. The number of rotatable bonds is 4. The molecule has 0 aliphatic carbocycles. The van der Waals surface area contributed by atoms with Crippen LogP contribution in [0.25, 0.3) is 0 Å². The van der Waals surface area contributed by atoms with Crippen molar-refractivity contribution < 1.29 is 5.11 Å². The third kappa shape index (κ3) is 3.45. The number of aliphatic hydroxyl groups is 1. The molecule has 0 spiro atoms. The van der Waals surface area contributed by atoms with Crippen molar-refractivity contribution in [1.29, 1.82) is 0 Å². The molecule has 2 nitrogen and oxygen atoms in total. The molecule has 1 aromatic heterocycles. The quantitative estimate of drug-likeness (QED) is 0.751. The normalized spacial score (nSPS) is 12.3. The molecule has 1 unspecified atom stereocenters. The standard InChI is InChI=1S/C13H19NO/c1-4-5-6-8-14-9-7-12(10-14)13(15)11(2)3/h7,9-11,13,15H,6,8H2,1-3H3. The lowest BCUT2D eigenvalue weighted by Gasteiger charge is -2.12. The molecule has 0 bridgehead atoms. The highest BCUT2D eigenvalue weighted by molar-refractivity contribution is 5.14. The maximum absolute atomic E-state index is 9.84. The highest BCUT2D eigenvalue weighted by Crippen LogP contribution is 2.21. The monoisotopic (exact) mass is 205 g/mol. The summed E-state index contributed by atoms with van der Waals surface area (Å²) in [6.45, 7) is 6.78. The lowest BCUT2D eigenvalue weighted by Crippen LogP contribution is -2.04. The number of aliphatic hydroxyl groups excluding tert-OH is 1. The molecule has 1 N–H and O–H groups in total. The van der Waals surface area contributed by atoms with Crippen LogP contribution in [0.15, 0.2) is 18.5 Å². The summed E-state index contributed by atoms with van der Waals surface area (Å²) < 4.78 is 2.07. The van der Waals surface area contributed by atoms with Crippen molar-refractivity contribution in [2.75, 3.05) is 0 Å². The van der Waals surface area contributed by atoms with Crippen LogP contribution in [-0.2, 0) is 6.54 Å². The van der Waals surface area contributed by atoms with Gasteiger partial charge in [-0.3, -0.25) is 0 Å². The molecule has 0 saturated carbocycles. The van der Waals surface area contributed by atoms with Crippen LogP contribution in [0, 0.1) is 17.8 Å². The minimum absolute atomic E-state index is 0.260. The Kier molecular flexibility index (Phi) is 4.45. The fourth-order valence-corrected chi connectivity index (χ4v) is 1.47. The first-order valence-corrected chi connectivity index (χ1v) is 5.38. The van der Waals surface area contributed by atoms with Gasteiger partial charge in [0.05, 0.1) is 6.10 Å². The Morgan fingerprint density at radius 3 is 2.80 bits per heavy atom. The fraction of sp³-hybridized carbons (Fsp3) is 0.538. The second-order valence-corrected chi connectivity index (χ2v) is 4.05. The summed E-state index contributed by atoms with van der Waals surface area (Å²) in [5.74, 6) is 6.16. The van der Waals surface area contributed by atoms with E-state index in [-0.39, 0.29) is 12.0 Å². The Morgan fingerprint density at radius 1 is 1.47 bits per heavy atom. The van der Waals surface area contributed by atoms with Gasteiger partial charge in [-0.15, -0.1) is 11.8 Å². The van der Waals surface area contributed by atoms with E-state index < -0.39 is 0 Å². The van der Waals surface area contributed by atoms with Gasteiger partial charge in [-0.2, -0.15) is 0 Å². The van der Waals surface area contributed by atoms with Crippen LogP contribution in [0.4, 0.5) is 0 Å². The van der Waals surface area contributed by atoms with Gasteiger partial charge in [0, 0.05) is 25.4 Å². The second kappa shape index (κ2) is 5.63. The molecule has 15 heavy (non-hydrogen) atoms. The van der Waals surface area contributed by atoms with Gasteiger partial charge in [-0.25, -0.2) is 0 Å². The van der Waals surface area contributed by atoms with E-state index in [2.05, 4.69) is 16.4 Å². The third-order valence-electron chi connectivity index (χ3n) is 2.42. The molecule has 1 atom stereocenters. The Labute approximate surface area is 91.9 Å². The van der Waals surface area contributed by atoms with Crippen molar-refractivity contribution in [2.24, 2.45) is 5.92 Å². The first kappa shape index (κ1) is 11.9. The molecular formula is C13H19NO. The maximum Gasteiger partial charge on any atom is 0.0827 e. The second-order valence-electron chi connectivity index (χ2n) is 4.05. The van der Waals surface area contributed by atoms with E-state index in [4.69, 9.17) is 0 Å². The Hall–Kier alpha value is -1.20. The highest BCUT2D eigenvalue weighted by atomic mass is 16.3. The molecule has 1 aromatic rings. The Morgan fingerprint density at radius 2 is 2.20 bits per heavy atom. The van der Waals surface area contributed by atoms with Crippen LogP contribution in [0.3, 0.4) is 0 Å². The minimum atomic E-state index is -0.358. The molecule has 2 heteroatoms. The summed E-state index contributed by atoms with van der Waals surface area (Å²) in [7, 11) is 0. The molecule has 0 fully saturated rings. The van der Waals surface area contributed by atoms with E-state index >= 15 is 0 Å². The van der Waals surface area contributed by atoms with Gasteiger partial charge in [-0.05, 0) is 24.5 Å². The topological polar surface area (TPSA) is 25.2 Å². The molecular weight excluding hydrogens is 186 g/mol. The van der Waals surface area contributed by atoms with Crippen LogP contribution >= 0.6 is 0 Å². The molecule has 1 rings (SSSR count). The number of aryl methyl sites for hydroxylation is 1. The van der Waals surface area contributed by atoms with E-state index in [0.29, 0.717) is 0 Å². The van der Waals surface area contributed by atoms with Crippen molar-refractivity contribution in [1.82, 2.24) is 4.57 Å². The fourth-order valence-electron chi connectivity index (χ4n) is 1.47. The average Bonchev–Trinajstić information content (AvgIpc) is 2.65. The lowest BCUT2D eigenvalue weighted by atomic mass is 10.0. The van der Waals surface area contributed by atoms with Crippen LogP contribution in [0.2, 0.25) is 0 Å². The summed E-state index contributed by atoms with van der Waals surface area (Å²) in [6, 6.07) is 1.98. The molecule has 0 aromatic carbocycles. The molecule has 0 aliphatic heterocycles. The van der Waals surface area contributed by atoms with Crippen molar-refractivity contribution >= 4 is 0 Å². The number of nitrogens with zero attached hydrogens (tertiary/aromatic N) is 1. The van der Waals surface area contributed by atoms with Crippen molar-refractivity contribution in [3.05, 3.63) is 24.0 Å². The van der Waals surface area contributed by atoms with E-state index in [1.807, 2.05) is 39.2 Å². The maximum atomic E-state index is 9.84. The number of hydrogen-bond donors (Lipinski definition) is 1. The molecule has 1 heterocycles. The van der Waals surface area contributed by atoms with Crippen LogP contribution in [0.1, 0.15) is 38.9 Å². The average molecular weight is 205 g/mol. The van der Waals surface area contributed by atoms with Crippen molar-refractivity contribution in [3.63, 3.8) is 0 Å². The Balaban J connectivity index is 2.58. The van der Waals surface area contributed by atoms with Gasteiger partial charge >= 0.3 is 0 Å². The SMILES string of the molecule is CC#CCCn1ccc(C(O)C(C)C)c1. The van der Waals surface area contributed by atoms with Gasteiger partial charge in [0.15, 0.2) is 0 Å². The van der Waals surface area contributed by atoms with Gasteiger partial charge in [-0.1, -0.05) is 13.8 Å². The van der Waals surface area contributed by atoms with Crippen molar-refractivity contribution in [3.8, 4) is 11.8 Å².